The van der Waals surface area contributed by atoms with Gasteiger partial charge in [0.2, 0.25) is 17.6 Å². The maximum atomic E-state index is 14.0. The van der Waals surface area contributed by atoms with Crippen molar-refractivity contribution in [2.45, 2.75) is 63.5 Å². The molecule has 10 heteroatoms. The van der Waals surface area contributed by atoms with E-state index in [0.29, 0.717) is 5.69 Å². The molecule has 2 saturated heterocycles. The van der Waals surface area contributed by atoms with Crippen LogP contribution in [0.2, 0.25) is 0 Å². The Kier molecular flexibility index (Phi) is 6.16. The van der Waals surface area contributed by atoms with Gasteiger partial charge < -0.3 is 4.90 Å². The van der Waals surface area contributed by atoms with Gasteiger partial charge >= 0.3 is 0 Å². The number of rotatable bonds is 3. The highest BCUT2D eigenvalue weighted by Crippen LogP contribution is 2.43. The van der Waals surface area contributed by atoms with Crippen molar-refractivity contribution < 1.29 is 28.2 Å². The summed E-state index contributed by atoms with van der Waals surface area (Å²) in [6.07, 6.45) is 10.4. The van der Waals surface area contributed by atoms with Crippen LogP contribution in [-0.4, -0.2) is 52.8 Å². The van der Waals surface area contributed by atoms with Crippen molar-refractivity contribution in [2.24, 2.45) is 0 Å². The maximum Gasteiger partial charge on any atom is 0.259 e. The largest absolute Gasteiger partial charge is 0.300 e. The van der Waals surface area contributed by atoms with Gasteiger partial charge in [-0.05, 0) is 50.9 Å². The first-order valence-corrected chi connectivity index (χ1v) is 11.8. The van der Waals surface area contributed by atoms with E-state index in [-0.39, 0.29) is 29.3 Å². The second-order valence-electron chi connectivity index (χ2n) is 9.19. The topological polar surface area (TPSA) is 91.8 Å². The van der Waals surface area contributed by atoms with Crippen molar-refractivity contribution in [1.82, 2.24) is 15.2 Å². The molecule has 1 unspecified atom stereocenters. The fourth-order valence-electron chi connectivity index (χ4n) is 5.34. The summed E-state index contributed by atoms with van der Waals surface area (Å²) < 4.78 is 26.6. The maximum absolute atomic E-state index is 14.0. The standard InChI is InChI=1S/C15H9F2N3O4.C9H17N/c16-7-5-6-11-8(3-4-18-12(11)13(7)24-17)20(15(6)23)9-1-2-10(21)19-14(9)22;1-2-5-9(6-3-1)10-7-4-8-10/h3-5,9H,1-2H2,(H,19,21,22);9H,1-8H2. The zero-order valence-corrected chi connectivity index (χ0v) is 18.7. The van der Waals surface area contributed by atoms with Crippen LogP contribution < -0.4 is 15.2 Å². The summed E-state index contributed by atoms with van der Waals surface area (Å²) in [7, 11) is 0. The van der Waals surface area contributed by atoms with Crippen LogP contribution in [0.1, 0.15) is 61.7 Å². The number of anilines is 1. The van der Waals surface area contributed by atoms with Crippen LogP contribution in [0, 0.1) is 5.82 Å². The van der Waals surface area contributed by atoms with Crippen LogP contribution in [-0.2, 0) is 9.59 Å². The molecule has 8 nitrogen and oxygen atoms in total. The number of carbonyl (C=O) groups excluding carboxylic acids is 3. The van der Waals surface area contributed by atoms with E-state index in [1.807, 2.05) is 0 Å². The van der Waals surface area contributed by atoms with Crippen LogP contribution in [0.3, 0.4) is 0 Å². The van der Waals surface area contributed by atoms with E-state index < -0.39 is 35.3 Å². The smallest absolute Gasteiger partial charge is 0.259 e. The molecule has 0 radical (unpaired) electrons. The number of likely N-dealkylation sites (tertiary alicyclic amines) is 1. The number of aromatic nitrogens is 1. The first kappa shape index (κ1) is 22.6. The average Bonchev–Trinajstić information content (AvgIpc) is 3.07. The van der Waals surface area contributed by atoms with Crippen molar-refractivity contribution in [3.05, 3.63) is 29.7 Å². The van der Waals surface area contributed by atoms with Crippen molar-refractivity contribution in [3.8, 4) is 5.75 Å². The Morgan fingerprint density at radius 1 is 1.06 bits per heavy atom. The van der Waals surface area contributed by atoms with E-state index in [9.17, 15) is 23.3 Å². The van der Waals surface area contributed by atoms with Crippen molar-refractivity contribution >= 4 is 34.3 Å². The highest BCUT2D eigenvalue weighted by molar-refractivity contribution is 6.27. The number of imide groups is 1. The molecule has 1 aromatic heterocycles. The molecule has 3 amide bonds. The summed E-state index contributed by atoms with van der Waals surface area (Å²) in [4.78, 5) is 47.4. The molecular formula is C24H26F2N4O4. The monoisotopic (exact) mass is 472 g/mol. The summed E-state index contributed by atoms with van der Waals surface area (Å²) in [5.74, 6) is -3.42. The Bertz CT molecular complexity index is 1150. The molecule has 1 N–H and O–H groups in total. The van der Waals surface area contributed by atoms with Crippen LogP contribution in [0.4, 0.5) is 14.6 Å². The highest BCUT2D eigenvalue weighted by atomic mass is 19.3. The van der Waals surface area contributed by atoms with Crippen LogP contribution in [0.5, 0.6) is 5.75 Å². The van der Waals surface area contributed by atoms with Gasteiger partial charge in [0.1, 0.15) is 11.6 Å². The quantitative estimate of drug-likeness (QED) is 0.689. The molecule has 3 aliphatic heterocycles. The van der Waals surface area contributed by atoms with Crippen LogP contribution in [0.15, 0.2) is 18.3 Å². The van der Waals surface area contributed by atoms with Crippen LogP contribution >= 0.6 is 0 Å². The van der Waals surface area contributed by atoms with E-state index in [4.69, 9.17) is 0 Å². The summed E-state index contributed by atoms with van der Waals surface area (Å²) in [5, 5.41) is 2.38. The van der Waals surface area contributed by atoms with E-state index >= 15 is 0 Å². The number of nitrogens with one attached hydrogen (secondary N) is 1. The van der Waals surface area contributed by atoms with E-state index in [1.54, 1.807) is 0 Å². The number of halogens is 2. The van der Waals surface area contributed by atoms with Gasteiger partial charge in [-0.15, -0.1) is 0 Å². The van der Waals surface area contributed by atoms with Gasteiger partial charge in [0, 0.05) is 28.6 Å². The van der Waals surface area contributed by atoms with Gasteiger partial charge in [0.15, 0.2) is 5.82 Å². The second kappa shape index (κ2) is 9.25. The van der Waals surface area contributed by atoms with Crippen LogP contribution in [0.25, 0.3) is 10.9 Å². The number of piperidine rings is 1. The first-order chi connectivity index (χ1) is 16.5. The lowest BCUT2D eigenvalue weighted by Crippen LogP contribution is -2.53. The molecular weight excluding hydrogens is 446 g/mol. The summed E-state index contributed by atoms with van der Waals surface area (Å²) in [5.41, 5.74) is 0.122. The lowest BCUT2D eigenvalue weighted by atomic mass is 9.92. The fourth-order valence-corrected chi connectivity index (χ4v) is 5.34. The van der Waals surface area contributed by atoms with E-state index in [0.717, 1.165) is 12.1 Å². The van der Waals surface area contributed by atoms with Gasteiger partial charge in [-0.25, -0.2) is 4.39 Å². The third kappa shape index (κ3) is 3.89. The number of hydrogen-bond donors (Lipinski definition) is 1. The minimum Gasteiger partial charge on any atom is -0.300 e. The summed E-state index contributed by atoms with van der Waals surface area (Å²) >= 11 is 0. The Labute approximate surface area is 195 Å². The molecule has 6 rings (SSSR count). The Balaban J connectivity index is 0.000000200. The third-order valence-electron chi connectivity index (χ3n) is 7.19. The zero-order chi connectivity index (χ0) is 23.8. The van der Waals surface area contributed by atoms with Gasteiger partial charge in [-0.1, -0.05) is 19.3 Å². The van der Waals surface area contributed by atoms with Gasteiger partial charge in [0.25, 0.3) is 5.91 Å². The average molecular weight is 472 g/mol. The summed E-state index contributed by atoms with van der Waals surface area (Å²) in [6, 6.07) is 2.41. The van der Waals surface area contributed by atoms with E-state index in [2.05, 4.69) is 20.1 Å². The van der Waals surface area contributed by atoms with Gasteiger partial charge in [0.05, 0.1) is 11.3 Å². The Morgan fingerprint density at radius 3 is 2.47 bits per heavy atom. The number of pyridine rings is 1. The van der Waals surface area contributed by atoms with Crippen molar-refractivity contribution in [1.29, 1.82) is 0 Å². The molecule has 1 aliphatic carbocycles. The molecule has 34 heavy (non-hydrogen) atoms. The predicted octanol–water partition coefficient (Wildman–Crippen LogP) is 3.43. The molecule has 3 fully saturated rings. The molecule has 4 heterocycles. The molecule has 180 valence electrons. The Hall–Kier alpha value is -3.14. The molecule has 0 spiro atoms. The molecule has 0 bridgehead atoms. The molecule has 4 aliphatic rings. The normalized spacial score (nSPS) is 22.8. The predicted molar refractivity (Wildman–Crippen MR) is 119 cm³/mol. The number of carbonyl (C=O) groups is 3. The number of benzene rings is 1. The zero-order valence-electron chi connectivity index (χ0n) is 18.7. The van der Waals surface area contributed by atoms with Crippen molar-refractivity contribution in [3.63, 3.8) is 0 Å². The third-order valence-corrected chi connectivity index (χ3v) is 7.19. The number of amides is 3. The molecule has 1 atom stereocenters. The Morgan fingerprint density at radius 2 is 1.82 bits per heavy atom. The molecule has 1 saturated carbocycles. The minimum atomic E-state index is -1.07. The molecule has 1 aromatic carbocycles. The summed E-state index contributed by atoms with van der Waals surface area (Å²) in [6.45, 7) is 2.79. The van der Waals surface area contributed by atoms with Crippen molar-refractivity contribution in [2.75, 3.05) is 18.0 Å². The second-order valence-corrected chi connectivity index (χ2v) is 9.19. The van der Waals surface area contributed by atoms with E-state index in [1.165, 1.54) is 68.8 Å². The van der Waals surface area contributed by atoms with Gasteiger partial charge in [-0.2, -0.15) is 0 Å². The lowest BCUT2D eigenvalue weighted by Gasteiger charge is -2.40. The highest BCUT2D eigenvalue weighted by Gasteiger charge is 2.42. The number of hydrogen-bond acceptors (Lipinski definition) is 6. The first-order valence-electron chi connectivity index (χ1n) is 11.8. The number of nitrogens with zero attached hydrogens (tertiary/aromatic N) is 3. The van der Waals surface area contributed by atoms with Gasteiger partial charge in [-0.3, -0.25) is 34.5 Å². The SMILES string of the molecule is C1CCC(N2CCC2)CC1.O=C1CCC(N2C(=O)c3cc(F)c(OF)c4nccc2c34)C(=O)N1. The lowest BCUT2D eigenvalue weighted by molar-refractivity contribution is -0.134. The fraction of sp³-hybridized carbons (Fsp3) is 0.500. The molecule has 2 aromatic rings. The minimum absolute atomic E-state index is 0.0314.